The predicted molar refractivity (Wildman–Crippen MR) is 72.4 cm³/mol. The third kappa shape index (κ3) is 1.62. The van der Waals surface area contributed by atoms with Crippen molar-refractivity contribution >= 4 is 11.6 Å². The summed E-state index contributed by atoms with van der Waals surface area (Å²) in [7, 11) is 0. The number of hydrogen-bond acceptors (Lipinski definition) is 2. The number of carbonyl (C=O) groups excluding carboxylic acids is 2. The number of rotatable bonds is 0. The van der Waals surface area contributed by atoms with E-state index < -0.39 is 0 Å². The molecule has 4 rings (SSSR count). The van der Waals surface area contributed by atoms with E-state index in [2.05, 4.69) is 12.2 Å². The van der Waals surface area contributed by atoms with Gasteiger partial charge in [0.05, 0.1) is 0 Å². The molecule has 19 heavy (non-hydrogen) atoms. The third-order valence-corrected chi connectivity index (χ3v) is 5.36. The van der Waals surface area contributed by atoms with Crippen LogP contribution in [0.15, 0.2) is 34.9 Å². The summed E-state index contributed by atoms with van der Waals surface area (Å²) in [6.07, 6.45) is 11.6. The lowest BCUT2D eigenvalue weighted by molar-refractivity contribution is -0.121. The zero-order valence-electron chi connectivity index (χ0n) is 11.0. The van der Waals surface area contributed by atoms with Crippen molar-refractivity contribution in [2.45, 2.75) is 38.5 Å². The molecule has 0 bridgehead atoms. The Balaban J connectivity index is 1.80. The van der Waals surface area contributed by atoms with Gasteiger partial charge in [0, 0.05) is 18.4 Å². The minimum Gasteiger partial charge on any atom is -0.300 e. The molecule has 0 saturated heterocycles. The number of carbonyl (C=O) groups is 2. The van der Waals surface area contributed by atoms with Crippen molar-refractivity contribution in [2.24, 2.45) is 17.8 Å². The van der Waals surface area contributed by atoms with E-state index in [0.717, 1.165) is 31.3 Å². The Morgan fingerprint density at radius 3 is 2.84 bits per heavy atom. The van der Waals surface area contributed by atoms with Gasteiger partial charge < -0.3 is 0 Å². The van der Waals surface area contributed by atoms with E-state index in [4.69, 9.17) is 0 Å². The molecule has 0 heterocycles. The van der Waals surface area contributed by atoms with Crippen molar-refractivity contribution in [1.29, 1.82) is 0 Å². The Labute approximate surface area is 113 Å². The first kappa shape index (κ1) is 11.4. The maximum atomic E-state index is 12.5. The zero-order chi connectivity index (χ0) is 13.0. The fourth-order valence-electron chi connectivity index (χ4n) is 4.51. The second-order valence-electron chi connectivity index (χ2n) is 6.32. The fraction of sp³-hybridized carbons (Fsp3) is 0.529. The van der Waals surface area contributed by atoms with Crippen LogP contribution in [0.25, 0.3) is 0 Å². The first-order valence-electron chi connectivity index (χ1n) is 7.41. The van der Waals surface area contributed by atoms with E-state index in [1.165, 1.54) is 11.1 Å². The maximum absolute atomic E-state index is 12.5. The molecule has 1 saturated carbocycles. The highest BCUT2D eigenvalue weighted by molar-refractivity contribution is 6.07. The van der Waals surface area contributed by atoms with Crippen molar-refractivity contribution in [2.75, 3.05) is 0 Å². The number of ketones is 2. The molecule has 3 unspecified atom stereocenters. The van der Waals surface area contributed by atoms with Crippen molar-refractivity contribution < 1.29 is 9.59 Å². The number of fused-ring (bicyclic) bond motifs is 4. The zero-order valence-corrected chi connectivity index (χ0v) is 11.0. The van der Waals surface area contributed by atoms with Crippen molar-refractivity contribution in [3.8, 4) is 0 Å². The van der Waals surface area contributed by atoms with Crippen LogP contribution in [0.1, 0.15) is 38.5 Å². The van der Waals surface area contributed by atoms with Gasteiger partial charge in [-0.15, -0.1) is 0 Å². The van der Waals surface area contributed by atoms with E-state index >= 15 is 0 Å². The van der Waals surface area contributed by atoms with Gasteiger partial charge >= 0.3 is 0 Å². The first-order chi connectivity index (χ1) is 9.24. The average molecular weight is 254 g/mol. The Kier molecular flexibility index (Phi) is 2.41. The van der Waals surface area contributed by atoms with Gasteiger partial charge in [-0.25, -0.2) is 0 Å². The van der Waals surface area contributed by atoms with Gasteiger partial charge in [-0.2, -0.15) is 0 Å². The maximum Gasteiger partial charge on any atom is 0.182 e. The molecule has 4 aliphatic carbocycles. The summed E-state index contributed by atoms with van der Waals surface area (Å²) < 4.78 is 0. The van der Waals surface area contributed by atoms with Crippen LogP contribution in [-0.4, -0.2) is 11.6 Å². The lowest BCUT2D eigenvalue weighted by Crippen LogP contribution is -2.34. The molecule has 1 fully saturated rings. The fourth-order valence-corrected chi connectivity index (χ4v) is 4.51. The molecule has 2 heteroatoms. The monoisotopic (exact) mass is 254 g/mol. The second kappa shape index (κ2) is 4.03. The average Bonchev–Trinajstić information content (AvgIpc) is 2.86. The summed E-state index contributed by atoms with van der Waals surface area (Å²) in [4.78, 5) is 24.1. The van der Waals surface area contributed by atoms with Crippen LogP contribution >= 0.6 is 0 Å². The highest BCUT2D eigenvalue weighted by atomic mass is 16.1. The summed E-state index contributed by atoms with van der Waals surface area (Å²) in [5.74, 6) is 1.97. The molecule has 98 valence electrons. The van der Waals surface area contributed by atoms with E-state index in [1.807, 2.05) is 6.08 Å². The number of Topliss-reactive ketones (excluding diaryl/α,β-unsaturated/α-hetero) is 1. The Hall–Kier alpha value is -1.44. The van der Waals surface area contributed by atoms with Gasteiger partial charge in [-0.3, -0.25) is 9.59 Å². The molecular weight excluding hydrogens is 236 g/mol. The molecule has 0 radical (unpaired) electrons. The molecule has 0 N–H and O–H groups in total. The molecule has 0 aliphatic heterocycles. The molecule has 0 amide bonds. The Morgan fingerprint density at radius 1 is 1.05 bits per heavy atom. The normalized spacial score (nSPS) is 36.8. The van der Waals surface area contributed by atoms with Crippen LogP contribution in [0.4, 0.5) is 0 Å². The summed E-state index contributed by atoms with van der Waals surface area (Å²) in [6.45, 7) is 0. The van der Waals surface area contributed by atoms with Crippen LogP contribution < -0.4 is 0 Å². The summed E-state index contributed by atoms with van der Waals surface area (Å²) >= 11 is 0. The van der Waals surface area contributed by atoms with E-state index in [9.17, 15) is 9.59 Å². The molecule has 2 nitrogen and oxygen atoms in total. The highest BCUT2D eigenvalue weighted by Gasteiger charge is 2.42. The molecule has 0 aromatic rings. The standard InChI is InChI=1S/C17H18O2/c18-12-5-7-14-11(8-12)4-6-15-13-3-1-2-10(13)9-16(19)17(14)15/h1-2,9,11,13,15H,3-8H2. The van der Waals surface area contributed by atoms with Crippen LogP contribution in [0.2, 0.25) is 0 Å². The quantitative estimate of drug-likeness (QED) is 0.665. The SMILES string of the molecule is O=C1CCC2=C3C(=O)C=C4C=CCC4C3CCC2C1. The van der Waals surface area contributed by atoms with E-state index in [1.54, 1.807) is 0 Å². The molecule has 0 aromatic heterocycles. The molecular formula is C17H18O2. The first-order valence-corrected chi connectivity index (χ1v) is 7.41. The van der Waals surface area contributed by atoms with E-state index in [-0.39, 0.29) is 5.78 Å². The summed E-state index contributed by atoms with van der Waals surface area (Å²) in [5, 5.41) is 0. The van der Waals surface area contributed by atoms with Gasteiger partial charge in [0.15, 0.2) is 5.78 Å². The van der Waals surface area contributed by atoms with Gasteiger partial charge in [-0.05, 0) is 55.1 Å². The van der Waals surface area contributed by atoms with E-state index in [0.29, 0.717) is 36.4 Å². The van der Waals surface area contributed by atoms with Crippen LogP contribution in [0, 0.1) is 17.8 Å². The highest BCUT2D eigenvalue weighted by Crippen LogP contribution is 2.50. The third-order valence-electron chi connectivity index (χ3n) is 5.36. The van der Waals surface area contributed by atoms with Crippen molar-refractivity contribution in [1.82, 2.24) is 0 Å². The Morgan fingerprint density at radius 2 is 1.95 bits per heavy atom. The van der Waals surface area contributed by atoms with Crippen LogP contribution in [0.5, 0.6) is 0 Å². The molecule has 4 aliphatic rings. The molecule has 0 spiro atoms. The summed E-state index contributed by atoms with van der Waals surface area (Å²) in [5.41, 5.74) is 3.67. The number of hydrogen-bond donors (Lipinski definition) is 0. The largest absolute Gasteiger partial charge is 0.300 e. The topological polar surface area (TPSA) is 34.1 Å². The van der Waals surface area contributed by atoms with Gasteiger partial charge in [0.2, 0.25) is 0 Å². The molecule has 3 atom stereocenters. The minimum absolute atomic E-state index is 0.233. The number of allylic oxidation sites excluding steroid dienone is 6. The van der Waals surface area contributed by atoms with Crippen LogP contribution in [0.3, 0.4) is 0 Å². The Bertz CT molecular complexity index is 562. The van der Waals surface area contributed by atoms with Gasteiger partial charge in [-0.1, -0.05) is 17.7 Å². The minimum atomic E-state index is 0.233. The smallest absolute Gasteiger partial charge is 0.182 e. The lowest BCUT2D eigenvalue weighted by atomic mass is 9.63. The van der Waals surface area contributed by atoms with Crippen molar-refractivity contribution in [3.63, 3.8) is 0 Å². The van der Waals surface area contributed by atoms with Crippen molar-refractivity contribution in [3.05, 3.63) is 34.9 Å². The van der Waals surface area contributed by atoms with Gasteiger partial charge in [0.25, 0.3) is 0 Å². The van der Waals surface area contributed by atoms with Gasteiger partial charge in [0.1, 0.15) is 5.78 Å². The summed E-state index contributed by atoms with van der Waals surface area (Å²) in [6, 6.07) is 0. The lowest BCUT2D eigenvalue weighted by Gasteiger charge is -2.40. The molecule has 0 aromatic carbocycles. The van der Waals surface area contributed by atoms with Crippen LogP contribution in [-0.2, 0) is 9.59 Å². The second-order valence-corrected chi connectivity index (χ2v) is 6.32. The predicted octanol–water partition coefficient (Wildman–Crippen LogP) is 3.15.